The van der Waals surface area contributed by atoms with Crippen LogP contribution in [0.4, 0.5) is 0 Å². The summed E-state index contributed by atoms with van der Waals surface area (Å²) in [6, 6.07) is 14.6. The Kier molecular flexibility index (Phi) is 4.45. The number of hydrogen-bond acceptors (Lipinski definition) is 3. The van der Waals surface area contributed by atoms with Crippen LogP contribution in [0, 0.1) is 0 Å². The molecule has 2 aromatic carbocycles. The van der Waals surface area contributed by atoms with Gasteiger partial charge in [-0.1, -0.05) is 11.6 Å². The van der Waals surface area contributed by atoms with E-state index in [1.165, 1.54) is 0 Å². The maximum Gasteiger partial charge on any atom is 0.127 e. The molecule has 0 aliphatic heterocycles. The molecule has 0 amide bonds. The molecule has 4 heteroatoms. The Labute approximate surface area is 111 Å². The Balaban J connectivity index is 1.99. The van der Waals surface area contributed by atoms with E-state index in [0.717, 1.165) is 17.2 Å². The predicted octanol–water partition coefficient (Wildman–Crippen LogP) is 3.47. The minimum absolute atomic E-state index is 0.503. The summed E-state index contributed by atoms with van der Waals surface area (Å²) < 4.78 is 11.0. The minimum atomic E-state index is 0.503. The van der Waals surface area contributed by atoms with Crippen LogP contribution in [-0.4, -0.2) is 13.2 Å². The smallest absolute Gasteiger partial charge is 0.127 e. The first-order valence-corrected chi connectivity index (χ1v) is 6.02. The van der Waals surface area contributed by atoms with Gasteiger partial charge in [-0.2, -0.15) is 0 Å². The first-order valence-electron chi connectivity index (χ1n) is 5.64. The van der Waals surface area contributed by atoms with Gasteiger partial charge in [0.15, 0.2) is 0 Å². The average Bonchev–Trinajstić information content (AvgIpc) is 2.41. The van der Waals surface area contributed by atoms with E-state index >= 15 is 0 Å². The lowest BCUT2D eigenvalue weighted by molar-refractivity contribution is 0.328. The van der Waals surface area contributed by atoms with Crippen molar-refractivity contribution in [1.29, 1.82) is 0 Å². The Morgan fingerprint density at radius 3 is 1.89 bits per heavy atom. The second kappa shape index (κ2) is 6.28. The zero-order valence-corrected chi connectivity index (χ0v) is 10.6. The van der Waals surface area contributed by atoms with E-state index < -0.39 is 0 Å². The van der Waals surface area contributed by atoms with Gasteiger partial charge in [0.05, 0.1) is 0 Å². The van der Waals surface area contributed by atoms with Crippen molar-refractivity contribution >= 4 is 11.6 Å². The average molecular weight is 264 g/mol. The van der Waals surface area contributed by atoms with Crippen molar-refractivity contribution in [2.24, 2.45) is 5.73 Å². The molecule has 2 N–H and O–H groups in total. The quantitative estimate of drug-likeness (QED) is 0.898. The fourth-order valence-electron chi connectivity index (χ4n) is 1.42. The molecule has 2 aromatic rings. The fraction of sp³-hybridized carbons (Fsp3) is 0.143. The van der Waals surface area contributed by atoms with Crippen LogP contribution < -0.4 is 15.2 Å². The van der Waals surface area contributed by atoms with E-state index in [-0.39, 0.29) is 0 Å². The largest absolute Gasteiger partial charge is 0.492 e. The van der Waals surface area contributed by atoms with Crippen LogP contribution in [0.2, 0.25) is 5.02 Å². The molecule has 3 nitrogen and oxygen atoms in total. The van der Waals surface area contributed by atoms with Gasteiger partial charge in [0.1, 0.15) is 23.9 Å². The van der Waals surface area contributed by atoms with Crippen LogP contribution in [0.15, 0.2) is 48.5 Å². The molecule has 0 radical (unpaired) electrons. The van der Waals surface area contributed by atoms with Gasteiger partial charge in [0.25, 0.3) is 0 Å². The summed E-state index contributed by atoms with van der Waals surface area (Å²) in [6.45, 7) is 1.01. The van der Waals surface area contributed by atoms with Gasteiger partial charge in [-0.3, -0.25) is 0 Å². The first kappa shape index (κ1) is 12.7. The van der Waals surface area contributed by atoms with Gasteiger partial charge in [0, 0.05) is 11.6 Å². The summed E-state index contributed by atoms with van der Waals surface area (Å²) in [5.74, 6) is 2.27. The highest BCUT2D eigenvalue weighted by atomic mass is 35.5. The Hall–Kier alpha value is -1.71. The van der Waals surface area contributed by atoms with Crippen molar-refractivity contribution in [3.8, 4) is 17.2 Å². The summed E-state index contributed by atoms with van der Waals surface area (Å²) in [7, 11) is 0. The van der Waals surface area contributed by atoms with Crippen molar-refractivity contribution < 1.29 is 9.47 Å². The van der Waals surface area contributed by atoms with E-state index in [1.807, 2.05) is 36.4 Å². The highest BCUT2D eigenvalue weighted by molar-refractivity contribution is 6.30. The Bertz CT molecular complexity index is 482. The Morgan fingerprint density at radius 2 is 1.33 bits per heavy atom. The number of nitrogens with two attached hydrogens (primary N) is 1. The molecule has 0 unspecified atom stereocenters. The molecule has 0 atom stereocenters. The van der Waals surface area contributed by atoms with E-state index in [2.05, 4.69) is 0 Å². The lowest BCUT2D eigenvalue weighted by atomic mass is 10.3. The van der Waals surface area contributed by atoms with E-state index in [9.17, 15) is 0 Å². The van der Waals surface area contributed by atoms with E-state index in [1.54, 1.807) is 12.1 Å². The van der Waals surface area contributed by atoms with Gasteiger partial charge in [-0.15, -0.1) is 0 Å². The zero-order chi connectivity index (χ0) is 12.8. The molecule has 18 heavy (non-hydrogen) atoms. The van der Waals surface area contributed by atoms with Crippen LogP contribution in [0.25, 0.3) is 0 Å². The summed E-state index contributed by atoms with van der Waals surface area (Å²) in [5.41, 5.74) is 5.36. The molecule has 0 bridgehead atoms. The van der Waals surface area contributed by atoms with Gasteiger partial charge < -0.3 is 15.2 Å². The van der Waals surface area contributed by atoms with E-state index in [4.69, 9.17) is 26.8 Å². The predicted molar refractivity (Wildman–Crippen MR) is 72.5 cm³/mol. The lowest BCUT2D eigenvalue weighted by Crippen LogP contribution is -2.10. The molecular weight excluding hydrogens is 250 g/mol. The molecule has 0 fully saturated rings. The molecule has 0 saturated heterocycles. The van der Waals surface area contributed by atoms with Crippen molar-refractivity contribution in [2.75, 3.05) is 13.2 Å². The molecule has 0 aliphatic carbocycles. The van der Waals surface area contributed by atoms with Crippen molar-refractivity contribution in [3.63, 3.8) is 0 Å². The molecule has 0 aromatic heterocycles. The lowest BCUT2D eigenvalue weighted by Gasteiger charge is -2.07. The van der Waals surface area contributed by atoms with E-state index in [0.29, 0.717) is 18.2 Å². The fourth-order valence-corrected chi connectivity index (χ4v) is 1.55. The number of rotatable bonds is 5. The standard InChI is InChI=1S/C14H14ClNO2/c15-11-1-3-13(4-2-11)18-14-7-5-12(6-8-14)17-10-9-16/h1-8H,9-10,16H2. The normalized spacial score (nSPS) is 10.1. The first-order chi connectivity index (χ1) is 8.78. The van der Waals surface area contributed by atoms with Crippen molar-refractivity contribution in [2.45, 2.75) is 0 Å². The van der Waals surface area contributed by atoms with Crippen LogP contribution in [0.1, 0.15) is 0 Å². The van der Waals surface area contributed by atoms with Crippen molar-refractivity contribution in [1.82, 2.24) is 0 Å². The summed E-state index contributed by atoms with van der Waals surface area (Å²) in [6.07, 6.45) is 0. The molecular formula is C14H14ClNO2. The number of ether oxygens (including phenoxy) is 2. The molecule has 0 spiro atoms. The van der Waals surface area contributed by atoms with Crippen LogP contribution in [0.5, 0.6) is 17.2 Å². The molecule has 0 saturated carbocycles. The second-order valence-electron chi connectivity index (χ2n) is 3.66. The van der Waals surface area contributed by atoms with Gasteiger partial charge in [0.2, 0.25) is 0 Å². The number of hydrogen-bond donors (Lipinski definition) is 1. The summed E-state index contributed by atoms with van der Waals surface area (Å²) >= 11 is 5.80. The molecule has 0 aliphatic rings. The van der Waals surface area contributed by atoms with Crippen molar-refractivity contribution in [3.05, 3.63) is 53.6 Å². The van der Waals surface area contributed by atoms with Crippen LogP contribution in [-0.2, 0) is 0 Å². The third-order valence-corrected chi connectivity index (χ3v) is 2.51. The third-order valence-electron chi connectivity index (χ3n) is 2.26. The maximum absolute atomic E-state index is 5.80. The van der Waals surface area contributed by atoms with Gasteiger partial charge >= 0.3 is 0 Å². The SMILES string of the molecule is NCCOc1ccc(Oc2ccc(Cl)cc2)cc1. The summed E-state index contributed by atoms with van der Waals surface area (Å²) in [4.78, 5) is 0. The zero-order valence-electron chi connectivity index (χ0n) is 9.80. The van der Waals surface area contributed by atoms with Crippen LogP contribution >= 0.6 is 11.6 Å². The summed E-state index contributed by atoms with van der Waals surface area (Å²) in [5, 5.41) is 0.688. The molecule has 94 valence electrons. The number of benzene rings is 2. The minimum Gasteiger partial charge on any atom is -0.492 e. The monoisotopic (exact) mass is 263 g/mol. The topological polar surface area (TPSA) is 44.5 Å². The highest BCUT2D eigenvalue weighted by Gasteiger charge is 1.98. The molecule has 0 heterocycles. The molecule has 2 rings (SSSR count). The maximum atomic E-state index is 5.80. The third kappa shape index (κ3) is 3.65. The van der Waals surface area contributed by atoms with Gasteiger partial charge in [-0.25, -0.2) is 0 Å². The Morgan fingerprint density at radius 1 is 0.833 bits per heavy atom. The number of halogens is 1. The second-order valence-corrected chi connectivity index (χ2v) is 4.10. The highest BCUT2D eigenvalue weighted by Crippen LogP contribution is 2.24. The van der Waals surface area contributed by atoms with Crippen LogP contribution in [0.3, 0.4) is 0 Å². The van der Waals surface area contributed by atoms with Gasteiger partial charge in [-0.05, 0) is 48.5 Å².